The van der Waals surface area contributed by atoms with Crippen LogP contribution in [-0.2, 0) is 10.0 Å². The molecular weight excluding hydrogens is 316 g/mol. The number of sulfonamides is 1. The molecule has 1 heterocycles. The van der Waals surface area contributed by atoms with Crippen LogP contribution in [0.5, 0.6) is 0 Å². The molecule has 6 heteroatoms. The highest BCUT2D eigenvalue weighted by molar-refractivity contribution is 9.10. The molecule has 1 saturated heterocycles. The van der Waals surface area contributed by atoms with Crippen molar-refractivity contribution in [1.82, 2.24) is 9.62 Å². The summed E-state index contributed by atoms with van der Waals surface area (Å²) in [6.07, 6.45) is 1.93. The van der Waals surface area contributed by atoms with Gasteiger partial charge in [0.05, 0.1) is 4.90 Å². The van der Waals surface area contributed by atoms with E-state index >= 15 is 0 Å². The predicted molar refractivity (Wildman–Crippen MR) is 75.0 cm³/mol. The van der Waals surface area contributed by atoms with Gasteiger partial charge in [-0.3, -0.25) is 0 Å². The number of rotatable bonds is 3. The van der Waals surface area contributed by atoms with E-state index in [0.717, 1.165) is 30.4 Å². The van der Waals surface area contributed by atoms with Gasteiger partial charge in [0, 0.05) is 17.1 Å². The lowest BCUT2D eigenvalue weighted by Crippen LogP contribution is -2.46. The summed E-state index contributed by atoms with van der Waals surface area (Å²) < 4.78 is 28.0. The Morgan fingerprint density at radius 2 is 2.22 bits per heavy atom. The van der Waals surface area contributed by atoms with E-state index in [2.05, 4.69) is 25.6 Å². The Bertz CT molecular complexity index is 519. The van der Waals surface area contributed by atoms with E-state index in [1.54, 1.807) is 18.2 Å². The zero-order valence-corrected chi connectivity index (χ0v) is 12.7. The number of halogens is 1. The maximum Gasteiger partial charge on any atom is 0.240 e. The zero-order valence-electron chi connectivity index (χ0n) is 10.3. The number of benzene rings is 1. The number of hydrogen-bond acceptors (Lipinski definition) is 3. The van der Waals surface area contributed by atoms with Gasteiger partial charge in [-0.15, -0.1) is 0 Å². The first kappa shape index (κ1) is 14.0. The van der Waals surface area contributed by atoms with Gasteiger partial charge in [-0.25, -0.2) is 13.1 Å². The highest BCUT2D eigenvalue weighted by Gasteiger charge is 2.23. The van der Waals surface area contributed by atoms with Crippen molar-refractivity contribution in [2.24, 2.45) is 0 Å². The lowest BCUT2D eigenvalue weighted by Gasteiger charge is -2.29. The molecule has 0 radical (unpaired) electrons. The second-order valence-corrected chi connectivity index (χ2v) is 7.31. The molecule has 2 rings (SSSR count). The molecule has 1 fully saturated rings. The largest absolute Gasteiger partial charge is 0.305 e. The topological polar surface area (TPSA) is 49.4 Å². The molecule has 1 N–H and O–H groups in total. The van der Waals surface area contributed by atoms with Crippen molar-refractivity contribution in [3.05, 3.63) is 28.7 Å². The van der Waals surface area contributed by atoms with E-state index in [4.69, 9.17) is 0 Å². The molecule has 0 aliphatic carbocycles. The number of nitrogens with one attached hydrogen (secondary N) is 1. The summed E-state index contributed by atoms with van der Waals surface area (Å²) in [6, 6.07) is 6.78. The van der Waals surface area contributed by atoms with Gasteiger partial charge < -0.3 is 4.90 Å². The van der Waals surface area contributed by atoms with Crippen LogP contribution in [0.1, 0.15) is 12.8 Å². The van der Waals surface area contributed by atoms with Gasteiger partial charge in [0.2, 0.25) is 10.0 Å². The van der Waals surface area contributed by atoms with Crippen LogP contribution in [0.25, 0.3) is 0 Å². The fraction of sp³-hybridized carbons (Fsp3) is 0.500. The average Bonchev–Trinajstić information content (AvgIpc) is 2.28. The molecule has 1 aromatic carbocycles. The van der Waals surface area contributed by atoms with Crippen LogP contribution in [0.2, 0.25) is 0 Å². The first-order valence-electron chi connectivity index (χ1n) is 5.94. The summed E-state index contributed by atoms with van der Waals surface area (Å²) in [5.74, 6) is 0. The van der Waals surface area contributed by atoms with E-state index < -0.39 is 10.0 Å². The summed E-state index contributed by atoms with van der Waals surface area (Å²) >= 11 is 3.29. The lowest BCUT2D eigenvalue weighted by atomic mass is 10.1. The highest BCUT2D eigenvalue weighted by atomic mass is 79.9. The Labute approximate surface area is 117 Å². The van der Waals surface area contributed by atoms with Crippen molar-refractivity contribution in [2.45, 2.75) is 23.8 Å². The molecule has 0 aromatic heterocycles. The Morgan fingerprint density at radius 1 is 1.44 bits per heavy atom. The van der Waals surface area contributed by atoms with Gasteiger partial charge in [0.25, 0.3) is 0 Å². The molecule has 100 valence electrons. The first-order chi connectivity index (χ1) is 8.47. The fourth-order valence-electron chi connectivity index (χ4n) is 2.18. The fourth-order valence-corrected chi connectivity index (χ4v) is 4.04. The molecule has 0 bridgehead atoms. The molecular formula is C12H17BrN2O2S. The maximum atomic E-state index is 12.2. The smallest absolute Gasteiger partial charge is 0.240 e. The van der Waals surface area contributed by atoms with Crippen molar-refractivity contribution in [2.75, 3.05) is 20.1 Å². The summed E-state index contributed by atoms with van der Waals surface area (Å²) in [5.41, 5.74) is 0. The Balaban J connectivity index is 2.12. The second kappa shape index (κ2) is 5.69. The minimum atomic E-state index is -3.41. The van der Waals surface area contributed by atoms with Crippen molar-refractivity contribution in [3.8, 4) is 0 Å². The monoisotopic (exact) mass is 332 g/mol. The van der Waals surface area contributed by atoms with Crippen LogP contribution in [-0.4, -0.2) is 39.5 Å². The predicted octanol–water partition coefficient (Wildman–Crippen LogP) is 1.82. The SMILES string of the molecule is CN1CCCC(NS(=O)(=O)c2cccc(Br)c2)C1. The van der Waals surface area contributed by atoms with E-state index in [1.807, 2.05) is 13.1 Å². The molecule has 4 nitrogen and oxygen atoms in total. The van der Waals surface area contributed by atoms with E-state index in [9.17, 15) is 8.42 Å². The maximum absolute atomic E-state index is 12.2. The van der Waals surface area contributed by atoms with Gasteiger partial charge in [-0.2, -0.15) is 0 Å². The molecule has 1 aliphatic heterocycles. The zero-order chi connectivity index (χ0) is 13.2. The average molecular weight is 333 g/mol. The lowest BCUT2D eigenvalue weighted by molar-refractivity contribution is 0.242. The summed E-state index contributed by atoms with van der Waals surface area (Å²) in [5, 5.41) is 0. The number of likely N-dealkylation sites (N-methyl/N-ethyl adjacent to an activating group) is 1. The first-order valence-corrected chi connectivity index (χ1v) is 8.21. The van der Waals surface area contributed by atoms with Gasteiger partial charge in [0.1, 0.15) is 0 Å². The molecule has 1 aromatic rings. The number of likely N-dealkylation sites (tertiary alicyclic amines) is 1. The summed E-state index contributed by atoms with van der Waals surface area (Å²) in [6.45, 7) is 1.81. The summed E-state index contributed by atoms with van der Waals surface area (Å²) in [4.78, 5) is 2.46. The second-order valence-electron chi connectivity index (χ2n) is 4.68. The number of piperidine rings is 1. The van der Waals surface area contributed by atoms with E-state index in [-0.39, 0.29) is 6.04 Å². The molecule has 1 unspecified atom stereocenters. The van der Waals surface area contributed by atoms with Crippen LogP contribution in [0.4, 0.5) is 0 Å². The minimum absolute atomic E-state index is 0.00716. The molecule has 0 saturated carbocycles. The minimum Gasteiger partial charge on any atom is -0.305 e. The van der Waals surface area contributed by atoms with Crippen LogP contribution in [0.15, 0.2) is 33.6 Å². The number of nitrogens with zero attached hydrogens (tertiary/aromatic N) is 1. The van der Waals surface area contributed by atoms with Gasteiger partial charge in [0.15, 0.2) is 0 Å². The third-order valence-electron chi connectivity index (χ3n) is 3.05. The van der Waals surface area contributed by atoms with E-state index in [0.29, 0.717) is 4.90 Å². The standard InChI is InChI=1S/C12H17BrN2O2S/c1-15-7-3-5-11(9-15)14-18(16,17)12-6-2-4-10(13)8-12/h2,4,6,8,11,14H,3,5,7,9H2,1H3. The third-order valence-corrected chi connectivity index (χ3v) is 5.06. The van der Waals surface area contributed by atoms with Gasteiger partial charge >= 0.3 is 0 Å². The number of hydrogen-bond donors (Lipinski definition) is 1. The molecule has 1 atom stereocenters. The van der Waals surface area contributed by atoms with E-state index in [1.165, 1.54) is 0 Å². The Hall–Kier alpha value is -0.430. The van der Waals surface area contributed by atoms with Crippen molar-refractivity contribution in [3.63, 3.8) is 0 Å². The molecule has 0 amide bonds. The normalized spacial score (nSPS) is 22.0. The van der Waals surface area contributed by atoms with Gasteiger partial charge in [-0.05, 0) is 44.6 Å². The quantitative estimate of drug-likeness (QED) is 0.918. The Kier molecular flexibility index (Phi) is 4.42. The van der Waals surface area contributed by atoms with Crippen molar-refractivity contribution < 1.29 is 8.42 Å². The summed E-state index contributed by atoms with van der Waals surface area (Å²) in [7, 11) is -1.40. The van der Waals surface area contributed by atoms with Crippen LogP contribution < -0.4 is 4.72 Å². The Morgan fingerprint density at radius 3 is 2.89 bits per heavy atom. The molecule has 1 aliphatic rings. The van der Waals surface area contributed by atoms with Gasteiger partial charge in [-0.1, -0.05) is 22.0 Å². The van der Waals surface area contributed by atoms with Crippen LogP contribution >= 0.6 is 15.9 Å². The third kappa shape index (κ3) is 3.54. The van der Waals surface area contributed by atoms with Crippen LogP contribution in [0.3, 0.4) is 0 Å². The van der Waals surface area contributed by atoms with Crippen molar-refractivity contribution in [1.29, 1.82) is 0 Å². The van der Waals surface area contributed by atoms with Crippen molar-refractivity contribution >= 4 is 26.0 Å². The molecule has 18 heavy (non-hydrogen) atoms. The highest BCUT2D eigenvalue weighted by Crippen LogP contribution is 2.17. The molecule has 0 spiro atoms. The van der Waals surface area contributed by atoms with Crippen LogP contribution in [0, 0.1) is 0 Å².